The van der Waals surface area contributed by atoms with Gasteiger partial charge in [-0.25, -0.2) is 0 Å². The Kier molecular flexibility index (Phi) is 66.3. The van der Waals surface area contributed by atoms with Gasteiger partial charge in [0.15, 0.2) is 0 Å². The Morgan fingerprint density at radius 1 is 0.266 bits per heavy atom. The van der Waals surface area contributed by atoms with Crippen LogP contribution in [0.2, 0.25) is 0 Å². The number of carbonyl (C=O) groups excluding carboxylic acids is 6. The van der Waals surface area contributed by atoms with Crippen LogP contribution in [-0.4, -0.2) is 167 Å². The second kappa shape index (κ2) is 72.8. The largest absolute Gasteiger partial charge is 3.00 e. The van der Waals surface area contributed by atoms with Crippen molar-refractivity contribution in [2.75, 3.05) is 80.8 Å². The maximum atomic E-state index is 13.0. The zero-order valence-corrected chi connectivity index (χ0v) is 74.1. The first-order valence-electron chi connectivity index (χ1n) is 37.1. The summed E-state index contributed by atoms with van der Waals surface area (Å²) < 4.78 is 24.6. The summed E-state index contributed by atoms with van der Waals surface area (Å²) in [6, 6.07) is 88.9. The van der Waals surface area contributed by atoms with Crippen LogP contribution in [0.25, 0.3) is 0 Å². The molecule has 0 aliphatic heterocycles. The molecule has 0 unspecified atom stereocenters. The van der Waals surface area contributed by atoms with Gasteiger partial charge in [0.05, 0.1) is 52.8 Å². The number of nitrogens with zero attached hydrogens (tertiary/aromatic N) is 10. The summed E-state index contributed by atoms with van der Waals surface area (Å²) in [6.07, 6.45) is 1.50. The quantitative estimate of drug-likeness (QED) is 0.0165. The average molecular weight is 2050 g/mol. The van der Waals surface area contributed by atoms with Crippen molar-refractivity contribution in [2.45, 2.75) is 39.3 Å². The van der Waals surface area contributed by atoms with Gasteiger partial charge in [-0.05, 0) is 81.9 Å². The van der Waals surface area contributed by atoms with E-state index in [1.165, 1.54) is 20.9 Å². The van der Waals surface area contributed by atoms with E-state index in [-0.39, 0.29) is 122 Å². The smallest absolute Gasteiger partial charge is 0.491 e. The summed E-state index contributed by atoms with van der Waals surface area (Å²) in [5.74, 6) is 1.44. The number of hydrogen-bond acceptors (Lipinski definition) is 30. The minimum Gasteiger partial charge on any atom is -0.491 e. The van der Waals surface area contributed by atoms with Crippen molar-refractivity contribution in [1.82, 2.24) is 40.9 Å². The van der Waals surface area contributed by atoms with Crippen LogP contribution in [0.5, 0.6) is 23.0 Å². The standard InChI is InChI=1S/2C39H39N3O4.2C3H7NO.2Eu.6NO3/c2*43-38(40-28-31-14-4-1-5-15-31)34-20-10-12-22-36(34)45-26-24-42(30-33-18-8-3-9-19-33)25-27-46-37-23-13-11-21-35(37)39(44)41-29-32-16-6-2-7-17-32;2*1-4(2)3-5;;;6*2-1(3)4/h2*1-23H,24-30H2,(H,40,43)(H,41,44);2*3H,1-2H3;;;;;;;;/q;;;;2*+3;6*-1. The number of ether oxygens (including phenoxy) is 4. The number of benzene rings is 10. The van der Waals surface area contributed by atoms with Gasteiger partial charge in [0.25, 0.3) is 23.6 Å². The molecule has 10 rings (SSSR count). The van der Waals surface area contributed by atoms with Gasteiger partial charge in [0.1, 0.15) is 49.4 Å². The van der Waals surface area contributed by atoms with Crippen molar-refractivity contribution in [3.05, 3.63) is 427 Å². The molecule has 128 heavy (non-hydrogen) atoms. The molecule has 0 saturated carbocycles. The van der Waals surface area contributed by atoms with Gasteiger partial charge in [-0.3, -0.25) is 38.6 Å². The topological polar surface area (TPSA) is 598 Å². The third-order valence-electron chi connectivity index (χ3n) is 15.3. The zero-order chi connectivity index (χ0) is 93.7. The molecule has 4 N–H and O–H groups in total. The Hall–Kier alpha value is -13.5. The summed E-state index contributed by atoms with van der Waals surface area (Å²) in [4.78, 5) is 128. The molecule has 0 aliphatic rings. The summed E-state index contributed by atoms with van der Waals surface area (Å²) in [7, 11) is 6.75. The number of amides is 6. The summed E-state index contributed by atoms with van der Waals surface area (Å²) in [5.41, 5.74) is 8.46. The van der Waals surface area contributed by atoms with E-state index in [4.69, 9.17) is 111 Å². The van der Waals surface area contributed by atoms with Gasteiger partial charge in [-0.2, -0.15) is 0 Å². The number of hydrogen-bond donors (Lipinski definition) is 4. The fraction of sp³-hybridized carbons (Fsp3) is 0.214. The van der Waals surface area contributed by atoms with E-state index in [0.29, 0.717) is 137 Å². The first-order valence-corrected chi connectivity index (χ1v) is 37.1. The van der Waals surface area contributed by atoms with Crippen LogP contribution in [-0.2, 0) is 48.9 Å². The first kappa shape index (κ1) is 117. The number of carbonyl (C=O) groups is 6. The van der Waals surface area contributed by atoms with Gasteiger partial charge in [0, 0.05) is 93.6 Å². The summed E-state index contributed by atoms with van der Waals surface area (Å²) in [6.45, 7) is 7.13. The second-order valence-corrected chi connectivity index (χ2v) is 25.1. The first-order chi connectivity index (χ1) is 60.2. The fourth-order valence-corrected chi connectivity index (χ4v) is 9.98. The van der Waals surface area contributed by atoms with Crippen molar-refractivity contribution in [1.29, 1.82) is 0 Å². The van der Waals surface area contributed by atoms with Crippen LogP contribution < -0.4 is 40.2 Å². The van der Waals surface area contributed by atoms with Gasteiger partial charge >= 0.3 is 98.8 Å². The molecule has 0 radical (unpaired) electrons. The fourth-order valence-electron chi connectivity index (χ4n) is 9.98. The Morgan fingerprint density at radius 3 is 0.562 bits per heavy atom. The van der Waals surface area contributed by atoms with E-state index in [0.717, 1.165) is 35.1 Å². The van der Waals surface area contributed by atoms with Crippen molar-refractivity contribution in [3.8, 4) is 23.0 Å². The van der Waals surface area contributed by atoms with Crippen LogP contribution in [0.15, 0.2) is 279 Å². The van der Waals surface area contributed by atoms with Gasteiger partial charge < -0.3 is 142 Å². The molecule has 10 aromatic carbocycles. The van der Waals surface area contributed by atoms with Crippen molar-refractivity contribution >= 4 is 36.4 Å². The monoisotopic (exact) mass is 2050 g/mol. The van der Waals surface area contributed by atoms with Crippen LogP contribution in [0.4, 0.5) is 0 Å². The maximum absolute atomic E-state index is 13.0. The van der Waals surface area contributed by atoms with E-state index in [1.54, 1.807) is 52.5 Å². The zero-order valence-electron chi connectivity index (χ0n) is 69.3. The predicted octanol–water partition coefficient (Wildman–Crippen LogP) is 11.0. The van der Waals surface area contributed by atoms with Crippen molar-refractivity contribution in [2.24, 2.45) is 0 Å². The molecule has 0 atom stereocenters. The molecule has 0 saturated heterocycles. The molecular formula is C84H92Eu2N14O28. The molecule has 10 aromatic rings. The normalized spacial score (nSPS) is 9.36. The summed E-state index contributed by atoms with van der Waals surface area (Å²) in [5, 5.41) is 100. The molecule has 42 nitrogen and oxygen atoms in total. The Morgan fingerprint density at radius 2 is 0.406 bits per heavy atom. The Balaban J connectivity index is 0. The van der Waals surface area contributed by atoms with Crippen LogP contribution in [0.3, 0.4) is 0 Å². The van der Waals surface area contributed by atoms with Crippen LogP contribution in [0.1, 0.15) is 74.8 Å². The third-order valence-corrected chi connectivity index (χ3v) is 15.3. The molecule has 680 valence electrons. The van der Waals surface area contributed by atoms with E-state index in [1.807, 2.05) is 231 Å². The molecule has 0 fully saturated rings. The number of rotatable bonds is 34. The molecule has 0 aromatic heterocycles. The molecule has 0 heterocycles. The van der Waals surface area contributed by atoms with E-state index < -0.39 is 30.5 Å². The van der Waals surface area contributed by atoms with Gasteiger partial charge in [-0.1, -0.05) is 231 Å². The van der Waals surface area contributed by atoms with Gasteiger partial charge in [-0.15, -0.1) is 0 Å². The summed E-state index contributed by atoms with van der Waals surface area (Å²) >= 11 is 0. The molecule has 0 aliphatic carbocycles. The average Bonchev–Trinajstić information content (AvgIpc) is 0.869. The Labute approximate surface area is 816 Å². The number of nitrogens with one attached hydrogen (secondary N) is 4. The van der Waals surface area contributed by atoms with Gasteiger partial charge in [0.2, 0.25) is 12.8 Å². The molecular weight excluding hydrogens is 1960 g/mol. The predicted molar refractivity (Wildman–Crippen MR) is 463 cm³/mol. The minimum absolute atomic E-state index is 0. The third kappa shape index (κ3) is 61.8. The molecule has 6 amide bonds. The van der Waals surface area contributed by atoms with E-state index in [2.05, 4.69) is 55.3 Å². The maximum Gasteiger partial charge on any atom is 3.00 e. The molecule has 44 heteroatoms. The van der Waals surface area contributed by atoms with Crippen LogP contribution >= 0.6 is 0 Å². The van der Waals surface area contributed by atoms with Crippen molar-refractivity contribution in [3.63, 3.8) is 0 Å². The Bertz CT molecular complexity index is 4220. The van der Waals surface area contributed by atoms with Crippen molar-refractivity contribution < 1.29 is 177 Å². The molecule has 0 bridgehead atoms. The number of para-hydroxylation sites is 4. The minimum atomic E-state index is -1.75. The van der Waals surface area contributed by atoms with E-state index >= 15 is 0 Å². The SMILES string of the molecule is CN(C)C=O.CN(C)C=O.O=C(NCc1ccccc1)c1ccccc1OCCN(CCOc1ccccc1C(=O)NCc1ccccc1)Cc1ccccc1.O=C(NCc1ccccc1)c1ccccc1OCCN(CCOc1ccccc1C(=O)NCc1ccccc1)Cc1ccccc1.O=[N+]([O-])[O-].O=[N+]([O-])[O-].O=[N+]([O-])[O-].O=[N+]([O-])[O-].O=[N+]([O-])[O-].O=[N+]([O-])[O-].[Eu+3].[Eu+3]. The van der Waals surface area contributed by atoms with E-state index in [9.17, 15) is 28.8 Å². The van der Waals surface area contributed by atoms with Crippen LogP contribution in [0, 0.1) is 191 Å². The molecule has 0 spiro atoms. The second-order valence-electron chi connectivity index (χ2n) is 25.1.